The molecule has 0 aromatic heterocycles. The Morgan fingerprint density at radius 3 is 2.75 bits per heavy atom. The highest BCUT2D eigenvalue weighted by molar-refractivity contribution is 8.13. The van der Waals surface area contributed by atoms with E-state index in [1.54, 1.807) is 6.92 Å². The Morgan fingerprint density at radius 2 is 2.25 bits per heavy atom. The van der Waals surface area contributed by atoms with Gasteiger partial charge in [0.15, 0.2) is 0 Å². The molecule has 2 amide bonds. The van der Waals surface area contributed by atoms with Crippen LogP contribution in [0.15, 0.2) is 0 Å². The summed E-state index contributed by atoms with van der Waals surface area (Å²) < 4.78 is 4.55. The van der Waals surface area contributed by atoms with Gasteiger partial charge in [0.1, 0.15) is 0 Å². The van der Waals surface area contributed by atoms with E-state index < -0.39 is 0 Å². The van der Waals surface area contributed by atoms with E-state index in [0.29, 0.717) is 18.7 Å². The second kappa shape index (κ2) is 5.89. The van der Waals surface area contributed by atoms with Crippen molar-refractivity contribution in [3.63, 3.8) is 0 Å². The lowest BCUT2D eigenvalue weighted by Crippen LogP contribution is -2.29. The van der Waals surface area contributed by atoms with Gasteiger partial charge in [-0.25, -0.2) is 0 Å². The summed E-state index contributed by atoms with van der Waals surface area (Å²) in [4.78, 5) is 35.2. The van der Waals surface area contributed by atoms with Gasteiger partial charge in [0.25, 0.3) is 5.24 Å². The van der Waals surface area contributed by atoms with E-state index >= 15 is 0 Å². The van der Waals surface area contributed by atoms with Crippen LogP contribution in [0, 0.1) is 5.92 Å². The van der Waals surface area contributed by atoms with E-state index in [1.165, 1.54) is 12.0 Å². The zero-order valence-corrected chi connectivity index (χ0v) is 10.2. The fourth-order valence-electron chi connectivity index (χ4n) is 1.38. The molecule has 0 radical (unpaired) electrons. The van der Waals surface area contributed by atoms with E-state index in [2.05, 4.69) is 4.74 Å². The fourth-order valence-corrected chi connectivity index (χ4v) is 2.26. The summed E-state index contributed by atoms with van der Waals surface area (Å²) in [5.74, 6) is -0.456. The van der Waals surface area contributed by atoms with Crippen LogP contribution in [0.2, 0.25) is 0 Å². The number of hydrogen-bond acceptors (Lipinski definition) is 5. The number of carbonyl (C=O) groups is 3. The quantitative estimate of drug-likeness (QED) is 0.701. The van der Waals surface area contributed by atoms with E-state index in [1.807, 2.05) is 0 Å². The predicted molar refractivity (Wildman–Crippen MR) is 60.0 cm³/mol. The van der Waals surface area contributed by atoms with Crippen LogP contribution < -0.4 is 0 Å². The summed E-state index contributed by atoms with van der Waals surface area (Å²) in [6.45, 7) is 2.19. The SMILES string of the molecule is COC(=O)C(C)CSC(=O)N1CCCC1=O. The smallest absolute Gasteiger partial charge is 0.309 e. The first-order valence-electron chi connectivity index (χ1n) is 5.11. The Balaban J connectivity index is 2.35. The van der Waals surface area contributed by atoms with Crippen molar-refractivity contribution in [1.82, 2.24) is 4.90 Å². The molecule has 1 saturated heterocycles. The largest absolute Gasteiger partial charge is 0.469 e. The van der Waals surface area contributed by atoms with Crippen LogP contribution in [0.5, 0.6) is 0 Å². The Morgan fingerprint density at radius 1 is 1.56 bits per heavy atom. The first kappa shape index (κ1) is 13.0. The van der Waals surface area contributed by atoms with Crippen molar-refractivity contribution in [1.29, 1.82) is 0 Å². The zero-order chi connectivity index (χ0) is 12.1. The van der Waals surface area contributed by atoms with Crippen molar-refractivity contribution in [2.24, 2.45) is 5.92 Å². The number of carbonyl (C=O) groups excluding carboxylic acids is 3. The standard InChI is InChI=1S/C10H15NO4S/c1-7(9(13)15-2)6-16-10(14)11-5-3-4-8(11)12/h7H,3-6H2,1-2H3. The summed E-state index contributed by atoms with van der Waals surface area (Å²) in [7, 11) is 1.31. The van der Waals surface area contributed by atoms with Gasteiger partial charge in [-0.2, -0.15) is 0 Å². The van der Waals surface area contributed by atoms with Crippen molar-refractivity contribution >= 4 is 28.9 Å². The molecule has 0 aliphatic carbocycles. The maximum Gasteiger partial charge on any atom is 0.309 e. The summed E-state index contributed by atoms with van der Waals surface area (Å²) >= 11 is 0.995. The maximum atomic E-state index is 11.6. The molecule has 0 aromatic rings. The van der Waals surface area contributed by atoms with Crippen molar-refractivity contribution in [3.8, 4) is 0 Å². The van der Waals surface area contributed by atoms with Crippen LogP contribution in [-0.2, 0) is 14.3 Å². The molecule has 5 nitrogen and oxygen atoms in total. The van der Waals surface area contributed by atoms with Gasteiger partial charge >= 0.3 is 5.97 Å². The summed E-state index contributed by atoms with van der Waals surface area (Å²) in [5, 5.41) is -0.266. The lowest BCUT2D eigenvalue weighted by Gasteiger charge is -2.13. The highest BCUT2D eigenvalue weighted by Crippen LogP contribution is 2.19. The van der Waals surface area contributed by atoms with Gasteiger partial charge in [-0.3, -0.25) is 19.3 Å². The van der Waals surface area contributed by atoms with Gasteiger partial charge < -0.3 is 4.74 Å². The molecule has 1 aliphatic heterocycles. The highest BCUT2D eigenvalue weighted by atomic mass is 32.2. The van der Waals surface area contributed by atoms with Crippen molar-refractivity contribution in [2.45, 2.75) is 19.8 Å². The Bertz CT molecular complexity index is 305. The number of thioether (sulfide) groups is 1. The summed E-state index contributed by atoms with van der Waals surface area (Å²) in [6, 6.07) is 0. The molecule has 1 fully saturated rings. The lowest BCUT2D eigenvalue weighted by molar-refractivity contribution is -0.144. The third-order valence-corrected chi connectivity index (χ3v) is 3.49. The normalized spacial score (nSPS) is 17.4. The van der Waals surface area contributed by atoms with E-state index in [0.717, 1.165) is 18.2 Å². The van der Waals surface area contributed by atoms with Crippen LogP contribution in [0.3, 0.4) is 0 Å². The molecular weight excluding hydrogens is 230 g/mol. The third kappa shape index (κ3) is 3.23. The molecule has 1 rings (SSSR count). The van der Waals surface area contributed by atoms with Crippen LogP contribution in [0.25, 0.3) is 0 Å². The molecule has 16 heavy (non-hydrogen) atoms. The summed E-state index contributed by atoms with van der Waals surface area (Å²) in [5.41, 5.74) is 0. The van der Waals surface area contributed by atoms with Gasteiger partial charge in [-0.1, -0.05) is 18.7 Å². The zero-order valence-electron chi connectivity index (χ0n) is 9.39. The van der Waals surface area contributed by atoms with Crippen LogP contribution in [0.1, 0.15) is 19.8 Å². The molecule has 0 N–H and O–H groups in total. The van der Waals surface area contributed by atoms with Crippen LogP contribution in [0.4, 0.5) is 4.79 Å². The van der Waals surface area contributed by atoms with Gasteiger partial charge in [0, 0.05) is 18.7 Å². The topological polar surface area (TPSA) is 63.7 Å². The minimum Gasteiger partial charge on any atom is -0.469 e. The number of rotatable bonds is 3. The molecule has 1 aliphatic rings. The average Bonchev–Trinajstić information content (AvgIpc) is 2.70. The van der Waals surface area contributed by atoms with Crippen LogP contribution >= 0.6 is 11.8 Å². The summed E-state index contributed by atoms with van der Waals surface area (Å²) in [6.07, 6.45) is 1.18. The molecule has 6 heteroatoms. The van der Waals surface area contributed by atoms with Gasteiger partial charge in [0.05, 0.1) is 13.0 Å². The first-order chi connectivity index (χ1) is 7.56. The second-order valence-corrected chi connectivity index (χ2v) is 4.62. The number of imide groups is 1. The molecule has 1 heterocycles. The van der Waals surface area contributed by atoms with Gasteiger partial charge in [0.2, 0.25) is 5.91 Å². The molecule has 0 saturated carbocycles. The van der Waals surface area contributed by atoms with Crippen molar-refractivity contribution < 1.29 is 19.1 Å². The first-order valence-corrected chi connectivity index (χ1v) is 6.09. The monoisotopic (exact) mass is 245 g/mol. The van der Waals surface area contributed by atoms with Gasteiger partial charge in [-0.15, -0.1) is 0 Å². The second-order valence-electron chi connectivity index (χ2n) is 3.65. The third-order valence-electron chi connectivity index (χ3n) is 2.35. The molecule has 0 aromatic carbocycles. The number of hydrogen-bond donors (Lipinski definition) is 0. The minimum absolute atomic E-state index is 0.122. The molecule has 1 unspecified atom stereocenters. The highest BCUT2D eigenvalue weighted by Gasteiger charge is 2.27. The number of likely N-dealkylation sites (tertiary alicyclic amines) is 1. The van der Waals surface area contributed by atoms with E-state index in [4.69, 9.17) is 0 Å². The molecule has 90 valence electrons. The number of methoxy groups -OCH3 is 1. The number of ether oxygens (including phenoxy) is 1. The molecule has 0 spiro atoms. The van der Waals surface area contributed by atoms with E-state index in [-0.39, 0.29) is 23.0 Å². The Labute approximate surface area is 98.5 Å². The van der Waals surface area contributed by atoms with Crippen molar-refractivity contribution in [3.05, 3.63) is 0 Å². The van der Waals surface area contributed by atoms with Crippen LogP contribution in [-0.4, -0.2) is 41.4 Å². The fraction of sp³-hybridized carbons (Fsp3) is 0.700. The number of nitrogens with zero attached hydrogens (tertiary/aromatic N) is 1. The maximum absolute atomic E-state index is 11.6. The minimum atomic E-state index is -0.340. The van der Waals surface area contributed by atoms with Gasteiger partial charge in [-0.05, 0) is 6.42 Å². The molecule has 1 atom stereocenters. The Hall–Kier alpha value is -1.04. The molecular formula is C10H15NO4S. The Kier molecular flexibility index (Phi) is 4.79. The average molecular weight is 245 g/mol. The predicted octanol–water partition coefficient (Wildman–Crippen LogP) is 1.27. The molecule has 0 bridgehead atoms. The van der Waals surface area contributed by atoms with E-state index in [9.17, 15) is 14.4 Å². The number of esters is 1. The number of amides is 2. The van der Waals surface area contributed by atoms with Crippen molar-refractivity contribution in [2.75, 3.05) is 19.4 Å². The lowest BCUT2D eigenvalue weighted by atomic mass is 10.2.